The van der Waals surface area contributed by atoms with Gasteiger partial charge < -0.3 is 20.7 Å². The number of amides is 1. The molecular formula is C25H23ClN4O2. The fourth-order valence-electron chi connectivity index (χ4n) is 3.57. The smallest absolute Gasteiger partial charge is 0.227 e. The largest absolute Gasteiger partial charge is 0.494 e. The molecule has 0 aliphatic rings. The number of aliphatic imine (C=N–C) groups is 1. The maximum absolute atomic E-state index is 12.1. The monoisotopic (exact) mass is 446 g/mol. The second-order valence-corrected chi connectivity index (χ2v) is 7.81. The van der Waals surface area contributed by atoms with Crippen molar-refractivity contribution in [3.63, 3.8) is 0 Å². The van der Waals surface area contributed by atoms with Gasteiger partial charge in [-0.05, 0) is 36.4 Å². The summed E-state index contributed by atoms with van der Waals surface area (Å²) in [5, 5.41) is 12.1. The number of halogens is 1. The van der Waals surface area contributed by atoms with Crippen LogP contribution in [0.2, 0.25) is 5.02 Å². The van der Waals surface area contributed by atoms with Crippen LogP contribution in [0, 0.1) is 0 Å². The van der Waals surface area contributed by atoms with Crippen molar-refractivity contribution in [2.75, 3.05) is 18.5 Å². The van der Waals surface area contributed by atoms with E-state index in [2.05, 4.69) is 4.98 Å². The second kappa shape index (κ2) is 9.26. The summed E-state index contributed by atoms with van der Waals surface area (Å²) in [7, 11) is 1.72. The predicted octanol–water partition coefficient (Wildman–Crippen LogP) is 5.01. The van der Waals surface area contributed by atoms with Crippen molar-refractivity contribution >= 4 is 45.5 Å². The van der Waals surface area contributed by atoms with Gasteiger partial charge in [0.1, 0.15) is 0 Å². The summed E-state index contributed by atoms with van der Waals surface area (Å²) in [6.07, 6.45) is 0.290. The van der Waals surface area contributed by atoms with Gasteiger partial charge in [0.2, 0.25) is 5.91 Å². The Morgan fingerprint density at radius 2 is 1.81 bits per heavy atom. The van der Waals surface area contributed by atoms with Crippen LogP contribution in [-0.4, -0.2) is 35.3 Å². The highest BCUT2D eigenvalue weighted by atomic mass is 35.5. The second-order valence-electron chi connectivity index (χ2n) is 7.37. The van der Waals surface area contributed by atoms with Gasteiger partial charge in [0.05, 0.1) is 22.5 Å². The lowest BCUT2D eigenvalue weighted by molar-refractivity contribution is -0.118. The summed E-state index contributed by atoms with van der Waals surface area (Å²) >= 11 is 6.12. The van der Waals surface area contributed by atoms with E-state index >= 15 is 0 Å². The Morgan fingerprint density at radius 3 is 2.50 bits per heavy atom. The van der Waals surface area contributed by atoms with Crippen molar-refractivity contribution in [3.05, 3.63) is 88.9 Å². The number of carbonyl (C=O) groups is 1. The number of rotatable bonds is 6. The molecule has 162 valence electrons. The normalized spacial score (nSPS) is 11.7. The van der Waals surface area contributed by atoms with Gasteiger partial charge in [-0.1, -0.05) is 48.0 Å². The van der Waals surface area contributed by atoms with Crippen LogP contribution in [0.15, 0.2) is 77.8 Å². The molecule has 4 rings (SSSR count). The average Bonchev–Trinajstić information content (AvgIpc) is 3.12. The molecule has 1 amide bonds. The van der Waals surface area contributed by atoms with Crippen LogP contribution in [0.3, 0.4) is 0 Å². The lowest BCUT2D eigenvalue weighted by atomic mass is 10.0. The Labute approximate surface area is 191 Å². The number of aromatic hydroxyl groups is 1. The first-order chi connectivity index (χ1) is 15.5. The Bertz CT molecular complexity index is 1280. The topological polar surface area (TPSA) is 94.7 Å². The third kappa shape index (κ3) is 4.37. The molecule has 4 N–H and O–H groups in total. The van der Waals surface area contributed by atoms with Crippen LogP contribution in [0.25, 0.3) is 10.9 Å². The van der Waals surface area contributed by atoms with E-state index in [0.29, 0.717) is 35.0 Å². The van der Waals surface area contributed by atoms with Gasteiger partial charge in [-0.25, -0.2) is 4.99 Å². The number of fused-ring (bicyclic) bond motifs is 1. The van der Waals surface area contributed by atoms with E-state index < -0.39 is 0 Å². The number of hydrogen-bond donors (Lipinski definition) is 3. The van der Waals surface area contributed by atoms with Crippen molar-refractivity contribution in [2.24, 2.45) is 10.7 Å². The van der Waals surface area contributed by atoms with Gasteiger partial charge in [-0.15, -0.1) is 0 Å². The molecule has 7 heteroatoms. The lowest BCUT2D eigenvalue weighted by Crippen LogP contribution is -2.27. The van der Waals surface area contributed by atoms with Crippen LogP contribution >= 0.6 is 11.6 Å². The number of aromatic amines is 1. The molecule has 0 aliphatic heterocycles. The zero-order valence-corrected chi connectivity index (χ0v) is 18.3. The van der Waals surface area contributed by atoms with E-state index in [0.717, 1.165) is 22.2 Å². The Kier molecular flexibility index (Phi) is 6.25. The third-order valence-electron chi connectivity index (χ3n) is 5.24. The number of aromatic nitrogens is 1. The zero-order valence-electron chi connectivity index (χ0n) is 17.5. The minimum atomic E-state index is -0.0453. The molecule has 0 saturated carbocycles. The van der Waals surface area contributed by atoms with Crippen molar-refractivity contribution < 1.29 is 9.90 Å². The SMILES string of the molecule is CN(C(=O)CCN)c1ccc(N=C(c2ccccc2)c2c(O)[nH]c3cc(Cl)ccc23)cc1. The molecule has 0 fully saturated rings. The summed E-state index contributed by atoms with van der Waals surface area (Å²) < 4.78 is 0. The quantitative estimate of drug-likeness (QED) is 0.363. The van der Waals surface area contributed by atoms with E-state index in [1.807, 2.05) is 60.7 Å². The van der Waals surface area contributed by atoms with E-state index in [4.69, 9.17) is 22.3 Å². The number of hydrogen-bond acceptors (Lipinski definition) is 4. The standard InChI is InChI=1S/C25H23ClN4O2/c1-30(22(31)13-14-27)19-10-8-18(9-11-19)28-24(16-5-3-2-4-6-16)23-20-12-7-17(26)15-21(20)29-25(23)32/h2-12,15,29,32H,13-14,27H2,1H3. The van der Waals surface area contributed by atoms with Crippen molar-refractivity contribution in [3.8, 4) is 5.88 Å². The Morgan fingerprint density at radius 1 is 1.09 bits per heavy atom. The van der Waals surface area contributed by atoms with Gasteiger partial charge in [0, 0.05) is 41.7 Å². The molecule has 1 aromatic heterocycles. The van der Waals surface area contributed by atoms with Crippen molar-refractivity contribution in [2.45, 2.75) is 6.42 Å². The van der Waals surface area contributed by atoms with Gasteiger partial charge in [0.15, 0.2) is 5.88 Å². The number of nitrogens with zero attached hydrogens (tertiary/aromatic N) is 2. The van der Waals surface area contributed by atoms with E-state index in [1.165, 1.54) is 0 Å². The molecule has 0 unspecified atom stereocenters. The molecule has 0 saturated heterocycles. The highest BCUT2D eigenvalue weighted by molar-refractivity contribution is 6.31. The Balaban J connectivity index is 1.79. The third-order valence-corrected chi connectivity index (χ3v) is 5.47. The Hall–Kier alpha value is -3.61. The van der Waals surface area contributed by atoms with Crippen molar-refractivity contribution in [1.82, 2.24) is 4.98 Å². The number of nitrogens with one attached hydrogen (secondary N) is 1. The summed E-state index contributed by atoms with van der Waals surface area (Å²) in [4.78, 5) is 21.5. The van der Waals surface area contributed by atoms with Gasteiger partial charge in [-0.3, -0.25) is 4.79 Å². The van der Waals surface area contributed by atoms with Crippen LogP contribution in [-0.2, 0) is 4.79 Å². The zero-order chi connectivity index (χ0) is 22.7. The number of nitrogens with two attached hydrogens (primary N) is 1. The first-order valence-corrected chi connectivity index (χ1v) is 10.6. The number of anilines is 1. The summed E-state index contributed by atoms with van der Waals surface area (Å²) in [5.41, 5.74) is 9.74. The van der Waals surface area contributed by atoms with E-state index in [-0.39, 0.29) is 11.8 Å². The highest BCUT2D eigenvalue weighted by Gasteiger charge is 2.19. The molecule has 4 aromatic rings. The highest BCUT2D eigenvalue weighted by Crippen LogP contribution is 2.33. The molecule has 3 aromatic carbocycles. The van der Waals surface area contributed by atoms with Gasteiger partial charge >= 0.3 is 0 Å². The molecular weight excluding hydrogens is 424 g/mol. The van der Waals surface area contributed by atoms with Gasteiger partial charge in [-0.2, -0.15) is 0 Å². The summed E-state index contributed by atoms with van der Waals surface area (Å²) in [6.45, 7) is 0.311. The summed E-state index contributed by atoms with van der Waals surface area (Å²) in [6, 6.07) is 22.4. The molecule has 0 bridgehead atoms. The first kappa shape index (κ1) is 21.6. The van der Waals surface area contributed by atoms with Crippen LogP contribution < -0.4 is 10.6 Å². The molecule has 0 spiro atoms. The van der Waals surface area contributed by atoms with E-state index in [9.17, 15) is 9.90 Å². The predicted molar refractivity (Wildman–Crippen MR) is 130 cm³/mol. The fraction of sp³-hybridized carbons (Fsp3) is 0.120. The minimum Gasteiger partial charge on any atom is -0.494 e. The average molecular weight is 447 g/mol. The number of benzene rings is 3. The number of carbonyl (C=O) groups excluding carboxylic acids is 1. The maximum Gasteiger partial charge on any atom is 0.227 e. The van der Waals surface area contributed by atoms with E-state index in [1.54, 1.807) is 24.1 Å². The van der Waals surface area contributed by atoms with Gasteiger partial charge in [0.25, 0.3) is 0 Å². The lowest BCUT2D eigenvalue weighted by Gasteiger charge is -2.17. The molecule has 0 radical (unpaired) electrons. The fourth-order valence-corrected chi connectivity index (χ4v) is 3.74. The maximum atomic E-state index is 12.1. The van der Waals surface area contributed by atoms with Crippen LogP contribution in [0.4, 0.5) is 11.4 Å². The molecule has 32 heavy (non-hydrogen) atoms. The molecule has 0 atom stereocenters. The molecule has 1 heterocycles. The summed E-state index contributed by atoms with van der Waals surface area (Å²) in [5.74, 6) is -0.0234. The molecule has 6 nitrogen and oxygen atoms in total. The first-order valence-electron chi connectivity index (χ1n) is 10.2. The van der Waals surface area contributed by atoms with Crippen molar-refractivity contribution in [1.29, 1.82) is 0 Å². The number of H-pyrrole nitrogens is 1. The van der Waals surface area contributed by atoms with Crippen LogP contribution in [0.5, 0.6) is 5.88 Å². The molecule has 0 aliphatic carbocycles. The van der Waals surface area contributed by atoms with Crippen LogP contribution in [0.1, 0.15) is 17.5 Å². The minimum absolute atomic E-state index is 0.0219.